The molecule has 0 spiro atoms. The van der Waals surface area contributed by atoms with Crippen molar-refractivity contribution in [3.05, 3.63) is 22.8 Å². The smallest absolute Gasteiger partial charge is 0.188 e. The molecule has 0 N–H and O–H groups in total. The molecule has 0 radical (unpaired) electrons. The molecular weight excluding hydrogens is 226 g/mol. The number of ether oxygens (including phenoxy) is 1. The van der Waals surface area contributed by atoms with Crippen LogP contribution < -0.4 is 4.74 Å². The van der Waals surface area contributed by atoms with Crippen molar-refractivity contribution in [1.82, 2.24) is 14.8 Å². The van der Waals surface area contributed by atoms with Crippen molar-refractivity contribution in [2.45, 2.75) is 13.8 Å². The summed E-state index contributed by atoms with van der Waals surface area (Å²) >= 11 is 1.31. The number of aromatic nitrogens is 3. The van der Waals surface area contributed by atoms with Gasteiger partial charge in [-0.3, -0.25) is 4.79 Å². The zero-order valence-corrected chi connectivity index (χ0v) is 9.82. The molecule has 0 amide bonds. The van der Waals surface area contributed by atoms with Crippen LogP contribution in [-0.2, 0) is 0 Å². The van der Waals surface area contributed by atoms with Gasteiger partial charge in [-0.15, -0.1) is 11.3 Å². The van der Waals surface area contributed by atoms with Crippen LogP contribution in [0.4, 0.5) is 0 Å². The molecule has 0 bridgehead atoms. The maximum Gasteiger partial charge on any atom is 0.188 e. The first-order valence-electron chi connectivity index (χ1n) is 4.85. The quantitative estimate of drug-likeness (QED) is 0.762. The standard InChI is InChI=1S/C10H11N3O2S/c1-3-15-8-4-11-13(5-8)9-6-16-10(12-9)7(2)14/h4-6H,3H2,1-2H3. The molecule has 0 aliphatic heterocycles. The van der Waals surface area contributed by atoms with Crippen LogP contribution in [0.2, 0.25) is 0 Å². The molecule has 2 aromatic heterocycles. The number of nitrogens with zero attached hydrogens (tertiary/aromatic N) is 3. The Kier molecular flexibility index (Phi) is 3.00. The van der Waals surface area contributed by atoms with Crippen molar-refractivity contribution in [3.63, 3.8) is 0 Å². The molecular formula is C10H11N3O2S. The fourth-order valence-corrected chi connectivity index (χ4v) is 1.89. The molecule has 0 saturated carbocycles. The Hall–Kier alpha value is -1.69. The van der Waals surface area contributed by atoms with Gasteiger partial charge < -0.3 is 4.74 Å². The SMILES string of the molecule is CCOc1cnn(-c2csc(C(C)=O)n2)c1. The van der Waals surface area contributed by atoms with Gasteiger partial charge in [0.15, 0.2) is 22.4 Å². The highest BCUT2D eigenvalue weighted by Crippen LogP contribution is 2.16. The van der Waals surface area contributed by atoms with Crippen LogP contribution >= 0.6 is 11.3 Å². The second kappa shape index (κ2) is 4.44. The van der Waals surface area contributed by atoms with E-state index < -0.39 is 0 Å². The number of hydrogen-bond acceptors (Lipinski definition) is 5. The Morgan fingerprint density at radius 3 is 3.06 bits per heavy atom. The lowest BCUT2D eigenvalue weighted by Crippen LogP contribution is -1.97. The summed E-state index contributed by atoms with van der Waals surface area (Å²) in [5, 5.41) is 6.38. The van der Waals surface area contributed by atoms with Gasteiger partial charge >= 0.3 is 0 Å². The lowest BCUT2D eigenvalue weighted by atomic mass is 10.5. The number of rotatable bonds is 4. The molecule has 84 valence electrons. The summed E-state index contributed by atoms with van der Waals surface area (Å²) < 4.78 is 6.88. The van der Waals surface area contributed by atoms with E-state index in [4.69, 9.17) is 4.74 Å². The van der Waals surface area contributed by atoms with Gasteiger partial charge in [-0.2, -0.15) is 5.10 Å². The summed E-state index contributed by atoms with van der Waals surface area (Å²) in [5.74, 6) is 1.30. The third-order valence-electron chi connectivity index (χ3n) is 1.90. The topological polar surface area (TPSA) is 57.0 Å². The summed E-state index contributed by atoms with van der Waals surface area (Å²) in [4.78, 5) is 15.3. The van der Waals surface area contributed by atoms with Gasteiger partial charge in [-0.1, -0.05) is 0 Å². The lowest BCUT2D eigenvalue weighted by Gasteiger charge is -1.95. The van der Waals surface area contributed by atoms with Crippen molar-refractivity contribution in [3.8, 4) is 11.6 Å². The molecule has 0 aromatic carbocycles. The fourth-order valence-electron chi connectivity index (χ4n) is 1.20. The molecule has 2 heterocycles. The normalized spacial score (nSPS) is 10.4. The molecule has 6 heteroatoms. The molecule has 0 fully saturated rings. The molecule has 2 rings (SSSR count). The lowest BCUT2D eigenvalue weighted by molar-refractivity contribution is 0.101. The van der Waals surface area contributed by atoms with Gasteiger partial charge in [-0.05, 0) is 6.92 Å². The van der Waals surface area contributed by atoms with Crippen LogP contribution in [0.1, 0.15) is 23.6 Å². The Morgan fingerprint density at radius 2 is 2.44 bits per heavy atom. The highest BCUT2D eigenvalue weighted by molar-refractivity contribution is 7.11. The van der Waals surface area contributed by atoms with Crippen LogP contribution in [0, 0.1) is 0 Å². The molecule has 16 heavy (non-hydrogen) atoms. The van der Waals surface area contributed by atoms with E-state index >= 15 is 0 Å². The van der Waals surface area contributed by atoms with E-state index in [0.717, 1.165) is 0 Å². The number of carbonyl (C=O) groups excluding carboxylic acids is 1. The predicted octanol–water partition coefficient (Wildman–Crippen LogP) is 1.93. The van der Waals surface area contributed by atoms with Gasteiger partial charge in [0.2, 0.25) is 0 Å². The first kappa shape index (κ1) is 10.8. The molecule has 2 aromatic rings. The van der Waals surface area contributed by atoms with Gasteiger partial charge in [0.25, 0.3) is 0 Å². The number of hydrogen-bond donors (Lipinski definition) is 0. The van der Waals surface area contributed by atoms with Gasteiger partial charge in [-0.25, -0.2) is 9.67 Å². The van der Waals surface area contributed by atoms with Gasteiger partial charge in [0.05, 0.1) is 19.0 Å². The molecule has 0 aliphatic carbocycles. The minimum atomic E-state index is -0.0339. The van der Waals surface area contributed by atoms with Crippen LogP contribution in [0.5, 0.6) is 5.75 Å². The maximum atomic E-state index is 11.1. The molecule has 0 unspecified atom stereocenters. The van der Waals surface area contributed by atoms with E-state index in [9.17, 15) is 4.79 Å². The summed E-state index contributed by atoms with van der Waals surface area (Å²) in [6.45, 7) is 4.01. The third kappa shape index (κ3) is 2.11. The van der Waals surface area contributed by atoms with Crippen LogP contribution in [0.3, 0.4) is 0 Å². The summed E-state index contributed by atoms with van der Waals surface area (Å²) in [6, 6.07) is 0. The number of Topliss-reactive ketones (excluding diaryl/α,β-unsaturated/α-hetero) is 1. The summed E-state index contributed by atoms with van der Waals surface area (Å²) in [7, 11) is 0. The average Bonchev–Trinajstić information content (AvgIpc) is 2.84. The second-order valence-electron chi connectivity index (χ2n) is 3.12. The predicted molar refractivity (Wildman–Crippen MR) is 60.4 cm³/mol. The number of ketones is 1. The number of thiazole rings is 1. The van der Waals surface area contributed by atoms with Crippen molar-refractivity contribution in [2.75, 3.05) is 6.61 Å². The van der Waals surface area contributed by atoms with Gasteiger partial charge in [0, 0.05) is 12.3 Å². The van der Waals surface area contributed by atoms with Crippen molar-refractivity contribution in [1.29, 1.82) is 0 Å². The van der Waals surface area contributed by atoms with Crippen LogP contribution in [-0.4, -0.2) is 27.2 Å². The molecule has 0 aliphatic rings. The minimum absolute atomic E-state index is 0.0339. The fraction of sp³-hybridized carbons (Fsp3) is 0.300. The van der Waals surface area contributed by atoms with Crippen molar-refractivity contribution < 1.29 is 9.53 Å². The highest BCUT2D eigenvalue weighted by atomic mass is 32.1. The maximum absolute atomic E-state index is 11.1. The van der Waals surface area contributed by atoms with E-state index in [-0.39, 0.29) is 5.78 Å². The molecule has 5 nitrogen and oxygen atoms in total. The second-order valence-corrected chi connectivity index (χ2v) is 3.98. The Balaban J connectivity index is 2.24. The van der Waals surface area contributed by atoms with E-state index in [1.54, 1.807) is 22.5 Å². The van der Waals surface area contributed by atoms with E-state index in [2.05, 4.69) is 10.1 Å². The highest BCUT2D eigenvalue weighted by Gasteiger charge is 2.08. The minimum Gasteiger partial charge on any atom is -0.491 e. The van der Waals surface area contributed by atoms with Crippen LogP contribution in [0.25, 0.3) is 5.82 Å². The van der Waals surface area contributed by atoms with Crippen molar-refractivity contribution in [2.24, 2.45) is 0 Å². The Labute approximate surface area is 96.7 Å². The summed E-state index contributed by atoms with van der Waals surface area (Å²) in [6.07, 6.45) is 3.36. The van der Waals surface area contributed by atoms with Crippen LogP contribution in [0.15, 0.2) is 17.8 Å². The average molecular weight is 237 g/mol. The van der Waals surface area contributed by atoms with E-state index in [1.165, 1.54) is 18.3 Å². The third-order valence-corrected chi connectivity index (χ3v) is 2.83. The monoisotopic (exact) mass is 237 g/mol. The zero-order chi connectivity index (χ0) is 11.5. The Bertz CT molecular complexity index is 504. The number of carbonyl (C=O) groups is 1. The van der Waals surface area contributed by atoms with E-state index in [1.807, 2.05) is 6.92 Å². The first-order valence-corrected chi connectivity index (χ1v) is 5.73. The summed E-state index contributed by atoms with van der Waals surface area (Å²) in [5.41, 5.74) is 0. The van der Waals surface area contributed by atoms with Gasteiger partial charge in [0.1, 0.15) is 0 Å². The molecule has 0 saturated heterocycles. The zero-order valence-electron chi connectivity index (χ0n) is 9.01. The Morgan fingerprint density at radius 1 is 1.62 bits per heavy atom. The van der Waals surface area contributed by atoms with Crippen molar-refractivity contribution >= 4 is 17.1 Å². The molecule has 0 atom stereocenters. The largest absolute Gasteiger partial charge is 0.491 e. The van der Waals surface area contributed by atoms with E-state index in [0.29, 0.717) is 23.2 Å². The first-order chi connectivity index (χ1) is 7.70.